The number of pyridine rings is 1. The number of rotatable bonds is 3. The van der Waals surface area contributed by atoms with Crippen molar-refractivity contribution in [3.8, 4) is 11.6 Å². The summed E-state index contributed by atoms with van der Waals surface area (Å²) in [7, 11) is 0. The van der Waals surface area contributed by atoms with Crippen LogP contribution in [0.1, 0.15) is 24.6 Å². The summed E-state index contributed by atoms with van der Waals surface area (Å²) in [4.78, 5) is 4.59. The quantitative estimate of drug-likeness (QED) is 0.915. The molecule has 21 heavy (non-hydrogen) atoms. The van der Waals surface area contributed by atoms with E-state index in [4.69, 9.17) is 10.5 Å². The largest absolute Gasteiger partial charge is 0.439 e. The van der Waals surface area contributed by atoms with E-state index in [2.05, 4.69) is 10.3 Å². The summed E-state index contributed by atoms with van der Waals surface area (Å²) in [6.07, 6.45) is 1.94. The van der Waals surface area contributed by atoms with E-state index in [9.17, 15) is 0 Å². The zero-order valence-corrected chi connectivity index (χ0v) is 12.6. The molecule has 0 saturated carbocycles. The topological polar surface area (TPSA) is 60.2 Å². The van der Waals surface area contributed by atoms with E-state index in [0.717, 1.165) is 30.8 Å². The monoisotopic (exact) mass is 305 g/mol. The SMILES string of the molecule is Cl.NC1CCNC(c2cccc(Oc3ccccc3)n2)C1. The maximum atomic E-state index is 6.03. The van der Waals surface area contributed by atoms with Crippen LogP contribution in [-0.4, -0.2) is 17.6 Å². The van der Waals surface area contributed by atoms with Gasteiger partial charge in [0.1, 0.15) is 5.75 Å². The van der Waals surface area contributed by atoms with E-state index in [1.807, 2.05) is 48.5 Å². The van der Waals surface area contributed by atoms with E-state index >= 15 is 0 Å². The van der Waals surface area contributed by atoms with E-state index in [1.165, 1.54) is 0 Å². The molecule has 4 nitrogen and oxygen atoms in total. The van der Waals surface area contributed by atoms with E-state index in [-0.39, 0.29) is 24.5 Å². The smallest absolute Gasteiger partial charge is 0.219 e. The van der Waals surface area contributed by atoms with Crippen molar-refractivity contribution in [1.29, 1.82) is 0 Å². The third-order valence-electron chi connectivity index (χ3n) is 3.51. The molecule has 0 aliphatic carbocycles. The number of nitrogens with two attached hydrogens (primary N) is 1. The van der Waals surface area contributed by atoms with Crippen molar-refractivity contribution in [1.82, 2.24) is 10.3 Å². The summed E-state index contributed by atoms with van der Waals surface area (Å²) in [5.41, 5.74) is 7.02. The first-order valence-corrected chi connectivity index (χ1v) is 7.00. The highest BCUT2D eigenvalue weighted by atomic mass is 35.5. The standard InChI is InChI=1S/C16H19N3O.ClH/c17-12-9-10-18-15(11-12)14-7-4-8-16(19-14)20-13-5-2-1-3-6-13;/h1-8,12,15,18H,9-11,17H2;1H. The second-order valence-electron chi connectivity index (χ2n) is 5.11. The molecule has 2 aromatic rings. The van der Waals surface area contributed by atoms with Crippen molar-refractivity contribution in [2.45, 2.75) is 24.9 Å². The second kappa shape index (κ2) is 7.41. The van der Waals surface area contributed by atoms with E-state index in [0.29, 0.717) is 5.88 Å². The van der Waals surface area contributed by atoms with E-state index < -0.39 is 0 Å². The highest BCUT2D eigenvalue weighted by Gasteiger charge is 2.21. The second-order valence-corrected chi connectivity index (χ2v) is 5.11. The molecule has 0 radical (unpaired) electrons. The summed E-state index contributed by atoms with van der Waals surface area (Å²) in [5, 5.41) is 3.46. The van der Waals surface area contributed by atoms with Gasteiger partial charge in [-0.3, -0.25) is 0 Å². The molecule has 1 aromatic heterocycles. The Morgan fingerprint density at radius 1 is 1.10 bits per heavy atom. The molecular weight excluding hydrogens is 286 g/mol. The number of para-hydroxylation sites is 1. The molecule has 2 heterocycles. The lowest BCUT2D eigenvalue weighted by Crippen LogP contribution is -2.38. The molecule has 0 bridgehead atoms. The minimum atomic E-state index is 0. The Kier molecular flexibility index (Phi) is 5.56. The summed E-state index contributed by atoms with van der Waals surface area (Å²) in [5.74, 6) is 1.42. The zero-order valence-electron chi connectivity index (χ0n) is 11.7. The Balaban J connectivity index is 0.00000161. The fraction of sp³-hybridized carbons (Fsp3) is 0.312. The van der Waals surface area contributed by atoms with Crippen LogP contribution in [0.5, 0.6) is 11.6 Å². The first-order valence-electron chi connectivity index (χ1n) is 7.00. The van der Waals surface area contributed by atoms with Gasteiger partial charge in [0.05, 0.1) is 11.7 Å². The fourth-order valence-corrected chi connectivity index (χ4v) is 2.46. The number of nitrogens with zero attached hydrogens (tertiary/aromatic N) is 1. The van der Waals surface area contributed by atoms with Crippen molar-refractivity contribution in [2.24, 2.45) is 5.73 Å². The third kappa shape index (κ3) is 4.17. The Bertz CT molecular complexity index is 564. The first kappa shape index (κ1) is 15.8. The van der Waals surface area contributed by atoms with Crippen LogP contribution in [0.4, 0.5) is 0 Å². The average molecular weight is 306 g/mol. The molecule has 1 saturated heterocycles. The fourth-order valence-electron chi connectivity index (χ4n) is 2.46. The summed E-state index contributed by atoms with van der Waals surface area (Å²) < 4.78 is 5.77. The molecule has 0 amide bonds. The number of hydrogen-bond acceptors (Lipinski definition) is 4. The minimum absolute atomic E-state index is 0. The molecule has 2 atom stereocenters. The van der Waals surface area contributed by atoms with Crippen LogP contribution in [0.15, 0.2) is 48.5 Å². The lowest BCUT2D eigenvalue weighted by atomic mass is 9.97. The first-order chi connectivity index (χ1) is 9.81. The Morgan fingerprint density at radius 3 is 2.67 bits per heavy atom. The van der Waals surface area contributed by atoms with Crippen LogP contribution in [0, 0.1) is 0 Å². The molecular formula is C16H20ClN3O. The molecule has 0 spiro atoms. The Hall–Kier alpha value is -1.62. The van der Waals surface area contributed by atoms with Crippen LogP contribution < -0.4 is 15.8 Å². The van der Waals surface area contributed by atoms with Crippen LogP contribution >= 0.6 is 12.4 Å². The van der Waals surface area contributed by atoms with Crippen LogP contribution in [-0.2, 0) is 0 Å². The summed E-state index contributed by atoms with van der Waals surface area (Å²) in [6.45, 7) is 0.942. The van der Waals surface area contributed by atoms with Gasteiger partial charge in [-0.15, -0.1) is 12.4 Å². The average Bonchev–Trinajstić information content (AvgIpc) is 2.49. The predicted molar refractivity (Wildman–Crippen MR) is 86.0 cm³/mol. The van der Waals surface area contributed by atoms with Crippen LogP contribution in [0.3, 0.4) is 0 Å². The van der Waals surface area contributed by atoms with Crippen molar-refractivity contribution < 1.29 is 4.74 Å². The Morgan fingerprint density at radius 2 is 1.90 bits per heavy atom. The molecule has 5 heteroatoms. The third-order valence-corrected chi connectivity index (χ3v) is 3.51. The van der Waals surface area contributed by atoms with Crippen LogP contribution in [0.25, 0.3) is 0 Å². The zero-order chi connectivity index (χ0) is 13.8. The van der Waals surface area contributed by atoms with Gasteiger partial charge in [-0.2, -0.15) is 0 Å². The van der Waals surface area contributed by atoms with Gasteiger partial charge in [0, 0.05) is 12.1 Å². The number of ether oxygens (including phenoxy) is 1. The molecule has 1 aliphatic heterocycles. The molecule has 2 unspecified atom stereocenters. The summed E-state index contributed by atoms with van der Waals surface area (Å²) >= 11 is 0. The van der Waals surface area contributed by atoms with Crippen molar-refractivity contribution >= 4 is 12.4 Å². The molecule has 1 aromatic carbocycles. The number of piperidine rings is 1. The molecule has 3 rings (SSSR count). The highest BCUT2D eigenvalue weighted by Crippen LogP contribution is 2.24. The van der Waals surface area contributed by atoms with Gasteiger partial charge in [-0.1, -0.05) is 24.3 Å². The number of nitrogens with one attached hydrogen (secondary N) is 1. The molecule has 3 N–H and O–H groups in total. The van der Waals surface area contributed by atoms with Gasteiger partial charge < -0.3 is 15.8 Å². The van der Waals surface area contributed by atoms with Crippen molar-refractivity contribution in [3.05, 3.63) is 54.2 Å². The van der Waals surface area contributed by atoms with Gasteiger partial charge in [-0.25, -0.2) is 4.98 Å². The maximum Gasteiger partial charge on any atom is 0.219 e. The van der Waals surface area contributed by atoms with E-state index in [1.54, 1.807) is 0 Å². The minimum Gasteiger partial charge on any atom is -0.439 e. The number of halogens is 1. The highest BCUT2D eigenvalue weighted by molar-refractivity contribution is 5.85. The normalized spacial score (nSPS) is 21.4. The van der Waals surface area contributed by atoms with Gasteiger partial charge in [0.2, 0.25) is 5.88 Å². The number of hydrogen-bond donors (Lipinski definition) is 2. The van der Waals surface area contributed by atoms with Gasteiger partial charge in [-0.05, 0) is 37.6 Å². The van der Waals surface area contributed by atoms with Gasteiger partial charge in [0.25, 0.3) is 0 Å². The summed E-state index contributed by atoms with van der Waals surface area (Å²) in [6, 6.07) is 16.0. The van der Waals surface area contributed by atoms with Gasteiger partial charge in [0.15, 0.2) is 0 Å². The van der Waals surface area contributed by atoms with Gasteiger partial charge >= 0.3 is 0 Å². The van der Waals surface area contributed by atoms with Crippen molar-refractivity contribution in [2.75, 3.05) is 6.54 Å². The van der Waals surface area contributed by atoms with Crippen LogP contribution in [0.2, 0.25) is 0 Å². The lowest BCUT2D eigenvalue weighted by Gasteiger charge is -2.27. The molecule has 1 aliphatic rings. The number of benzene rings is 1. The lowest BCUT2D eigenvalue weighted by molar-refractivity contribution is 0.360. The maximum absolute atomic E-state index is 6.03. The predicted octanol–water partition coefficient (Wildman–Crippen LogP) is 3.05. The number of aromatic nitrogens is 1. The molecule has 112 valence electrons. The Labute approximate surface area is 131 Å². The van der Waals surface area contributed by atoms with Crippen molar-refractivity contribution in [3.63, 3.8) is 0 Å². The molecule has 1 fully saturated rings.